The lowest BCUT2D eigenvalue weighted by molar-refractivity contribution is -0.121. The van der Waals surface area contributed by atoms with Crippen molar-refractivity contribution in [1.82, 2.24) is 10.4 Å². The number of amides is 1. The van der Waals surface area contributed by atoms with E-state index in [-0.39, 0.29) is 11.8 Å². The monoisotopic (exact) mass is 411 g/mol. The molecule has 1 N–H and O–H groups in total. The van der Waals surface area contributed by atoms with E-state index in [0.717, 1.165) is 33.7 Å². The molecule has 1 atom stereocenters. The summed E-state index contributed by atoms with van der Waals surface area (Å²) in [6, 6.07) is 23.6. The lowest BCUT2D eigenvalue weighted by Gasteiger charge is -2.18. The molecule has 1 unspecified atom stereocenters. The minimum absolute atomic E-state index is 0.0482. The molecule has 1 aliphatic heterocycles. The zero-order valence-corrected chi connectivity index (χ0v) is 17.0. The summed E-state index contributed by atoms with van der Waals surface area (Å²) in [4.78, 5) is 16.1. The Morgan fingerprint density at radius 3 is 2.74 bits per heavy atom. The predicted molar refractivity (Wildman–Crippen MR) is 119 cm³/mol. The zero-order valence-electron chi connectivity index (χ0n) is 17.0. The normalized spacial score (nSPS) is 16.1. The summed E-state index contributed by atoms with van der Waals surface area (Å²) >= 11 is 0. The Labute approximate surface area is 179 Å². The summed E-state index contributed by atoms with van der Waals surface area (Å²) in [6.07, 6.45) is 0.425. The number of benzene rings is 3. The maximum Gasteiger partial charge on any atom is 0.240 e. The van der Waals surface area contributed by atoms with Crippen molar-refractivity contribution in [3.05, 3.63) is 83.9 Å². The molecule has 5 rings (SSSR count). The molecule has 3 aromatic carbocycles. The van der Waals surface area contributed by atoms with Crippen LogP contribution in [0.1, 0.15) is 24.5 Å². The van der Waals surface area contributed by atoms with Gasteiger partial charge in [0.05, 0.1) is 5.71 Å². The molecule has 0 saturated carbocycles. The zero-order chi connectivity index (χ0) is 21.2. The van der Waals surface area contributed by atoms with Crippen molar-refractivity contribution in [2.75, 3.05) is 0 Å². The van der Waals surface area contributed by atoms with Crippen molar-refractivity contribution in [1.29, 1.82) is 0 Å². The van der Waals surface area contributed by atoms with E-state index in [4.69, 9.17) is 9.15 Å². The van der Waals surface area contributed by atoms with E-state index in [0.29, 0.717) is 24.5 Å². The molecule has 0 bridgehead atoms. The van der Waals surface area contributed by atoms with Gasteiger partial charge in [0.2, 0.25) is 11.8 Å². The number of nitrogens with zero attached hydrogens (tertiary/aromatic N) is 2. The van der Waals surface area contributed by atoms with E-state index >= 15 is 0 Å². The highest BCUT2D eigenvalue weighted by atomic mass is 16.5. The maximum absolute atomic E-state index is 11.5. The van der Waals surface area contributed by atoms with Crippen LogP contribution in [0.15, 0.2) is 82.3 Å². The van der Waals surface area contributed by atoms with Crippen LogP contribution in [-0.4, -0.2) is 16.6 Å². The molecule has 31 heavy (non-hydrogen) atoms. The summed E-state index contributed by atoms with van der Waals surface area (Å²) in [5.41, 5.74) is 7.72. The molecule has 1 amide bonds. The summed E-state index contributed by atoms with van der Waals surface area (Å²) in [6.45, 7) is 2.49. The topological polar surface area (TPSA) is 76.7 Å². The van der Waals surface area contributed by atoms with Crippen LogP contribution in [-0.2, 0) is 11.4 Å². The van der Waals surface area contributed by atoms with Gasteiger partial charge in [0, 0.05) is 23.5 Å². The molecule has 1 aromatic heterocycles. The molecular formula is C25H21N3O3. The SMILES string of the molecule is CC1CC(=O)NN=C1c1ccc2nc(-c3cccc(OCc4ccccc4)c3)oc2c1. The second kappa shape index (κ2) is 8.07. The number of fused-ring (bicyclic) bond motifs is 1. The minimum atomic E-state index is -0.0614. The molecule has 0 saturated heterocycles. The molecule has 4 aromatic rings. The van der Waals surface area contributed by atoms with Crippen molar-refractivity contribution in [3.8, 4) is 17.2 Å². The number of carbonyl (C=O) groups is 1. The molecule has 1 aliphatic rings. The first kappa shape index (κ1) is 19.1. The summed E-state index contributed by atoms with van der Waals surface area (Å²) in [7, 11) is 0. The van der Waals surface area contributed by atoms with Gasteiger partial charge in [-0.05, 0) is 35.9 Å². The van der Waals surface area contributed by atoms with Crippen LogP contribution in [0.2, 0.25) is 0 Å². The summed E-state index contributed by atoms with van der Waals surface area (Å²) < 4.78 is 12.0. The van der Waals surface area contributed by atoms with Gasteiger partial charge in [-0.1, -0.05) is 49.4 Å². The second-order valence-corrected chi connectivity index (χ2v) is 7.64. The van der Waals surface area contributed by atoms with E-state index in [2.05, 4.69) is 15.5 Å². The third kappa shape index (κ3) is 4.05. The van der Waals surface area contributed by atoms with Gasteiger partial charge in [-0.25, -0.2) is 10.4 Å². The number of ether oxygens (including phenoxy) is 1. The van der Waals surface area contributed by atoms with Crippen LogP contribution in [0.3, 0.4) is 0 Å². The average Bonchev–Trinajstić information content (AvgIpc) is 3.22. The van der Waals surface area contributed by atoms with Crippen LogP contribution < -0.4 is 10.2 Å². The molecule has 0 radical (unpaired) electrons. The second-order valence-electron chi connectivity index (χ2n) is 7.64. The largest absolute Gasteiger partial charge is 0.489 e. The highest BCUT2D eigenvalue weighted by Gasteiger charge is 2.22. The van der Waals surface area contributed by atoms with Crippen molar-refractivity contribution in [3.63, 3.8) is 0 Å². The van der Waals surface area contributed by atoms with Crippen molar-refractivity contribution < 1.29 is 13.9 Å². The average molecular weight is 411 g/mol. The lowest BCUT2D eigenvalue weighted by Crippen LogP contribution is -2.31. The number of hydrogen-bond acceptors (Lipinski definition) is 5. The first-order valence-electron chi connectivity index (χ1n) is 10.2. The van der Waals surface area contributed by atoms with Gasteiger partial charge < -0.3 is 9.15 Å². The van der Waals surface area contributed by atoms with Crippen LogP contribution in [0, 0.1) is 5.92 Å². The van der Waals surface area contributed by atoms with Crippen molar-refractivity contribution in [2.45, 2.75) is 20.0 Å². The van der Waals surface area contributed by atoms with Gasteiger partial charge >= 0.3 is 0 Å². The predicted octanol–water partition coefficient (Wildman–Crippen LogP) is 4.93. The van der Waals surface area contributed by atoms with Gasteiger partial charge in [-0.15, -0.1) is 0 Å². The maximum atomic E-state index is 11.5. The Morgan fingerprint density at radius 1 is 1.03 bits per heavy atom. The fraction of sp³-hybridized carbons (Fsp3) is 0.160. The van der Waals surface area contributed by atoms with E-state index in [1.54, 1.807) is 0 Å². The van der Waals surface area contributed by atoms with Crippen LogP contribution >= 0.6 is 0 Å². The lowest BCUT2D eigenvalue weighted by atomic mass is 9.94. The first-order valence-corrected chi connectivity index (χ1v) is 10.2. The molecule has 0 aliphatic carbocycles. The third-order valence-corrected chi connectivity index (χ3v) is 5.27. The Bertz CT molecular complexity index is 1280. The Balaban J connectivity index is 1.40. The van der Waals surface area contributed by atoms with Crippen molar-refractivity contribution in [2.24, 2.45) is 11.0 Å². The molecular weight excluding hydrogens is 390 g/mol. The Kier molecular flexibility index (Phi) is 4.96. The number of oxazole rings is 1. The van der Waals surface area contributed by atoms with E-state index in [1.165, 1.54) is 0 Å². The van der Waals surface area contributed by atoms with Gasteiger partial charge in [0.25, 0.3) is 0 Å². The number of rotatable bonds is 5. The fourth-order valence-electron chi connectivity index (χ4n) is 3.67. The minimum Gasteiger partial charge on any atom is -0.489 e. The molecule has 6 heteroatoms. The highest BCUT2D eigenvalue weighted by Crippen LogP contribution is 2.29. The molecule has 2 heterocycles. The highest BCUT2D eigenvalue weighted by molar-refractivity contribution is 6.07. The van der Waals surface area contributed by atoms with Gasteiger partial charge in [0.1, 0.15) is 17.9 Å². The smallest absolute Gasteiger partial charge is 0.240 e. The van der Waals surface area contributed by atoms with E-state index in [1.807, 2.05) is 79.7 Å². The number of nitrogens with one attached hydrogen (secondary N) is 1. The molecule has 6 nitrogen and oxygen atoms in total. The fourth-order valence-corrected chi connectivity index (χ4v) is 3.67. The third-order valence-electron chi connectivity index (χ3n) is 5.27. The summed E-state index contributed by atoms with van der Waals surface area (Å²) in [5, 5.41) is 4.23. The number of carbonyl (C=O) groups excluding carboxylic acids is 1. The van der Waals surface area contributed by atoms with Gasteiger partial charge in [-0.3, -0.25) is 4.79 Å². The molecule has 154 valence electrons. The number of hydrogen-bond donors (Lipinski definition) is 1. The quantitative estimate of drug-likeness (QED) is 0.505. The first-order chi connectivity index (χ1) is 15.2. The standard InChI is InChI=1S/C25H21N3O3/c1-16-12-23(29)27-28-24(16)18-10-11-21-22(14-18)31-25(26-21)19-8-5-9-20(13-19)30-15-17-6-3-2-4-7-17/h2-11,13-14,16H,12,15H2,1H3,(H,27,29). The van der Waals surface area contributed by atoms with Crippen LogP contribution in [0.25, 0.3) is 22.6 Å². The van der Waals surface area contributed by atoms with Crippen LogP contribution in [0.4, 0.5) is 0 Å². The van der Waals surface area contributed by atoms with Gasteiger partial charge in [0.15, 0.2) is 5.58 Å². The Hall–Kier alpha value is -3.93. The summed E-state index contributed by atoms with van der Waals surface area (Å²) in [5.74, 6) is 1.27. The molecule has 0 spiro atoms. The number of aromatic nitrogens is 1. The van der Waals surface area contributed by atoms with E-state index in [9.17, 15) is 4.79 Å². The Morgan fingerprint density at radius 2 is 1.90 bits per heavy atom. The number of hydrazone groups is 1. The van der Waals surface area contributed by atoms with Crippen molar-refractivity contribution >= 4 is 22.7 Å². The van der Waals surface area contributed by atoms with Crippen LogP contribution in [0.5, 0.6) is 5.75 Å². The van der Waals surface area contributed by atoms with Gasteiger partial charge in [-0.2, -0.15) is 5.10 Å². The molecule has 0 fully saturated rings. The van der Waals surface area contributed by atoms with E-state index < -0.39 is 0 Å².